The Morgan fingerprint density at radius 3 is 2.35 bits per heavy atom. The van der Waals surface area contributed by atoms with E-state index in [0.717, 1.165) is 18.0 Å². The topological polar surface area (TPSA) is 24.9 Å². The molecule has 1 aromatic carbocycles. The molecule has 2 rings (SSSR count). The van der Waals surface area contributed by atoms with Gasteiger partial charge in [0, 0.05) is 22.5 Å². The van der Waals surface area contributed by atoms with Crippen molar-refractivity contribution < 1.29 is 0 Å². The van der Waals surface area contributed by atoms with E-state index in [9.17, 15) is 0 Å². The van der Waals surface area contributed by atoms with Gasteiger partial charge in [-0.25, -0.2) is 4.98 Å². The van der Waals surface area contributed by atoms with E-state index in [1.54, 1.807) is 0 Å². The lowest BCUT2D eigenvalue weighted by molar-refractivity contribution is 0.425. The predicted octanol–water partition coefficient (Wildman–Crippen LogP) is 4.57. The SMILES string of the molecule is CCc1nc(-c2ccc(C)cc2)sc1CNC(C)(C)C. The number of hydrogen-bond donors (Lipinski definition) is 1. The van der Waals surface area contributed by atoms with E-state index < -0.39 is 0 Å². The van der Waals surface area contributed by atoms with Crippen LogP contribution in [0, 0.1) is 6.92 Å². The molecule has 0 aliphatic carbocycles. The summed E-state index contributed by atoms with van der Waals surface area (Å²) in [5.41, 5.74) is 3.87. The summed E-state index contributed by atoms with van der Waals surface area (Å²) < 4.78 is 0. The average molecular weight is 288 g/mol. The van der Waals surface area contributed by atoms with Crippen LogP contribution in [-0.2, 0) is 13.0 Å². The molecule has 0 radical (unpaired) electrons. The molecule has 1 N–H and O–H groups in total. The molecule has 0 saturated carbocycles. The fourth-order valence-corrected chi connectivity index (χ4v) is 3.06. The van der Waals surface area contributed by atoms with Crippen LogP contribution in [0.5, 0.6) is 0 Å². The van der Waals surface area contributed by atoms with E-state index in [-0.39, 0.29) is 5.54 Å². The first-order chi connectivity index (χ1) is 9.39. The van der Waals surface area contributed by atoms with Crippen LogP contribution in [0.15, 0.2) is 24.3 Å². The molecule has 0 amide bonds. The molecule has 2 nitrogen and oxygen atoms in total. The highest BCUT2D eigenvalue weighted by atomic mass is 32.1. The zero-order valence-electron chi connectivity index (χ0n) is 13.1. The molecule has 1 aromatic heterocycles. The molecule has 0 bridgehead atoms. The van der Waals surface area contributed by atoms with Gasteiger partial charge < -0.3 is 5.32 Å². The second-order valence-corrected chi connectivity index (χ2v) is 7.30. The number of rotatable bonds is 4. The molecule has 0 spiro atoms. The first-order valence-electron chi connectivity index (χ1n) is 7.19. The second-order valence-electron chi connectivity index (χ2n) is 6.21. The van der Waals surface area contributed by atoms with Crippen LogP contribution in [0.2, 0.25) is 0 Å². The maximum atomic E-state index is 4.81. The number of aryl methyl sites for hydroxylation is 2. The summed E-state index contributed by atoms with van der Waals surface area (Å²) in [7, 11) is 0. The third-order valence-corrected chi connectivity index (χ3v) is 4.34. The quantitative estimate of drug-likeness (QED) is 0.891. The van der Waals surface area contributed by atoms with Crippen molar-refractivity contribution in [3.05, 3.63) is 40.4 Å². The Hall–Kier alpha value is -1.19. The Bertz CT molecular complexity index is 562. The number of nitrogens with one attached hydrogen (secondary N) is 1. The molecule has 2 aromatic rings. The monoisotopic (exact) mass is 288 g/mol. The summed E-state index contributed by atoms with van der Waals surface area (Å²) in [6.45, 7) is 11.8. The molecule has 0 aliphatic rings. The van der Waals surface area contributed by atoms with Crippen molar-refractivity contribution in [2.75, 3.05) is 0 Å². The van der Waals surface area contributed by atoms with Crippen LogP contribution < -0.4 is 5.32 Å². The van der Waals surface area contributed by atoms with Gasteiger partial charge in [-0.15, -0.1) is 11.3 Å². The summed E-state index contributed by atoms with van der Waals surface area (Å²) in [6, 6.07) is 8.62. The number of hydrogen-bond acceptors (Lipinski definition) is 3. The molecule has 3 heteroatoms. The van der Waals surface area contributed by atoms with Crippen molar-refractivity contribution >= 4 is 11.3 Å². The predicted molar refractivity (Wildman–Crippen MR) is 88.3 cm³/mol. The normalized spacial score (nSPS) is 11.8. The van der Waals surface area contributed by atoms with Crippen molar-refractivity contribution in [2.24, 2.45) is 0 Å². The van der Waals surface area contributed by atoms with Crippen LogP contribution in [0.4, 0.5) is 0 Å². The number of aromatic nitrogens is 1. The van der Waals surface area contributed by atoms with Crippen molar-refractivity contribution in [3.63, 3.8) is 0 Å². The minimum Gasteiger partial charge on any atom is -0.307 e. The maximum Gasteiger partial charge on any atom is 0.123 e. The molecule has 0 atom stereocenters. The van der Waals surface area contributed by atoms with Crippen LogP contribution in [-0.4, -0.2) is 10.5 Å². The fraction of sp³-hybridized carbons (Fsp3) is 0.471. The standard InChI is InChI=1S/C17H24N2S/c1-6-14-15(11-18-17(3,4)5)20-16(19-14)13-9-7-12(2)8-10-13/h7-10,18H,6,11H2,1-5H3. The number of thiazole rings is 1. The van der Waals surface area contributed by atoms with Gasteiger partial charge in [-0.05, 0) is 34.1 Å². The lowest BCUT2D eigenvalue weighted by atomic mass is 10.1. The minimum absolute atomic E-state index is 0.138. The van der Waals surface area contributed by atoms with Gasteiger partial charge in [0.05, 0.1) is 5.69 Å². The van der Waals surface area contributed by atoms with Crippen LogP contribution in [0.3, 0.4) is 0 Å². The van der Waals surface area contributed by atoms with Gasteiger partial charge in [0.25, 0.3) is 0 Å². The first kappa shape index (κ1) is 15.2. The average Bonchev–Trinajstić information content (AvgIpc) is 2.79. The van der Waals surface area contributed by atoms with Crippen LogP contribution in [0.25, 0.3) is 10.6 Å². The molecule has 20 heavy (non-hydrogen) atoms. The fourth-order valence-electron chi connectivity index (χ4n) is 1.96. The first-order valence-corrected chi connectivity index (χ1v) is 8.01. The molecule has 0 aliphatic heterocycles. The maximum absolute atomic E-state index is 4.81. The Labute approximate surface area is 126 Å². The Balaban J connectivity index is 2.24. The van der Waals surface area contributed by atoms with Crippen molar-refractivity contribution in [1.29, 1.82) is 0 Å². The highest BCUT2D eigenvalue weighted by molar-refractivity contribution is 7.15. The molecular weight excluding hydrogens is 264 g/mol. The summed E-state index contributed by atoms with van der Waals surface area (Å²) in [5.74, 6) is 0. The van der Waals surface area contributed by atoms with E-state index in [4.69, 9.17) is 4.98 Å². The third kappa shape index (κ3) is 3.90. The highest BCUT2D eigenvalue weighted by Crippen LogP contribution is 2.29. The van der Waals surface area contributed by atoms with Gasteiger partial charge >= 0.3 is 0 Å². The van der Waals surface area contributed by atoms with E-state index in [2.05, 4.69) is 64.2 Å². The summed E-state index contributed by atoms with van der Waals surface area (Å²) in [4.78, 5) is 6.17. The molecule has 1 heterocycles. The zero-order chi connectivity index (χ0) is 14.8. The molecule has 108 valence electrons. The van der Waals surface area contributed by atoms with Gasteiger partial charge in [0.1, 0.15) is 5.01 Å². The summed E-state index contributed by atoms with van der Waals surface area (Å²) in [5, 5.41) is 4.69. The summed E-state index contributed by atoms with van der Waals surface area (Å²) >= 11 is 1.81. The summed E-state index contributed by atoms with van der Waals surface area (Å²) in [6.07, 6.45) is 0.990. The van der Waals surface area contributed by atoms with Gasteiger partial charge in [-0.2, -0.15) is 0 Å². The third-order valence-electron chi connectivity index (χ3n) is 3.19. The Morgan fingerprint density at radius 1 is 1.15 bits per heavy atom. The molecule has 0 unspecified atom stereocenters. The minimum atomic E-state index is 0.138. The number of nitrogens with zero attached hydrogens (tertiary/aromatic N) is 1. The zero-order valence-corrected chi connectivity index (χ0v) is 13.9. The lowest BCUT2D eigenvalue weighted by Crippen LogP contribution is -2.35. The van der Waals surface area contributed by atoms with E-state index in [1.807, 2.05) is 11.3 Å². The Kier molecular flexibility index (Phi) is 4.61. The van der Waals surface area contributed by atoms with Crippen molar-refractivity contribution in [2.45, 2.75) is 53.1 Å². The second kappa shape index (κ2) is 6.06. The van der Waals surface area contributed by atoms with Gasteiger partial charge in [-0.1, -0.05) is 36.8 Å². The van der Waals surface area contributed by atoms with Gasteiger partial charge in [-0.3, -0.25) is 0 Å². The van der Waals surface area contributed by atoms with Crippen molar-refractivity contribution in [3.8, 4) is 10.6 Å². The van der Waals surface area contributed by atoms with Crippen LogP contribution in [0.1, 0.15) is 43.8 Å². The highest BCUT2D eigenvalue weighted by Gasteiger charge is 2.14. The van der Waals surface area contributed by atoms with E-state index in [1.165, 1.54) is 21.7 Å². The Morgan fingerprint density at radius 2 is 1.80 bits per heavy atom. The molecule has 0 saturated heterocycles. The van der Waals surface area contributed by atoms with E-state index >= 15 is 0 Å². The van der Waals surface area contributed by atoms with Gasteiger partial charge in [0.15, 0.2) is 0 Å². The van der Waals surface area contributed by atoms with E-state index in [0.29, 0.717) is 0 Å². The smallest absolute Gasteiger partial charge is 0.123 e. The van der Waals surface area contributed by atoms with Crippen LogP contribution >= 0.6 is 11.3 Å². The molecule has 0 fully saturated rings. The molecular formula is C17H24N2S. The van der Waals surface area contributed by atoms with Crippen molar-refractivity contribution in [1.82, 2.24) is 10.3 Å². The van der Waals surface area contributed by atoms with Gasteiger partial charge in [0.2, 0.25) is 0 Å². The largest absolute Gasteiger partial charge is 0.307 e. The lowest BCUT2D eigenvalue weighted by Gasteiger charge is -2.20. The number of benzene rings is 1.